The molecule has 1 aliphatic heterocycles. The van der Waals surface area contributed by atoms with E-state index >= 15 is 0 Å². The standard InChI is InChI=1S/C25H30N4O3/c1-31-25(30)22-14-21(32-20-8-10-28-11-9-20)6-7-23(22)29-15-16-2-3-17-4-5-18(24(26)27)13-19(17)12-16/h2-7,12-13,20-21,28-29H,8-11,14-15H2,1H3,(H3,26,27). The maximum absolute atomic E-state index is 12.5. The van der Waals surface area contributed by atoms with Crippen LogP contribution in [0.1, 0.15) is 30.4 Å². The third-order valence-corrected chi connectivity index (χ3v) is 5.99. The molecule has 7 heteroatoms. The molecular formula is C25H30N4O3. The van der Waals surface area contributed by atoms with Gasteiger partial charge in [-0.05, 0) is 60.5 Å². The lowest BCUT2D eigenvalue weighted by atomic mass is 9.98. The third-order valence-electron chi connectivity index (χ3n) is 5.99. The van der Waals surface area contributed by atoms with Crippen LogP contribution in [0.4, 0.5) is 0 Å². The molecule has 0 aromatic heterocycles. The van der Waals surface area contributed by atoms with Gasteiger partial charge in [-0.1, -0.05) is 30.3 Å². The normalized spacial score (nSPS) is 19.2. The molecule has 0 saturated carbocycles. The summed E-state index contributed by atoms with van der Waals surface area (Å²) < 4.78 is 11.3. The van der Waals surface area contributed by atoms with Gasteiger partial charge in [0, 0.05) is 24.2 Å². The molecule has 1 atom stereocenters. The number of esters is 1. The number of ether oxygens (including phenoxy) is 2. The van der Waals surface area contributed by atoms with Gasteiger partial charge in [0.05, 0.1) is 24.9 Å². The largest absolute Gasteiger partial charge is 0.466 e. The second-order valence-electron chi connectivity index (χ2n) is 8.23. The average Bonchev–Trinajstić information content (AvgIpc) is 2.82. The van der Waals surface area contributed by atoms with Gasteiger partial charge in [0.1, 0.15) is 5.84 Å². The van der Waals surface area contributed by atoms with Gasteiger partial charge in [0.25, 0.3) is 0 Å². The van der Waals surface area contributed by atoms with Crippen molar-refractivity contribution < 1.29 is 14.3 Å². The number of methoxy groups -OCH3 is 1. The molecule has 4 rings (SSSR count). The molecule has 5 N–H and O–H groups in total. The van der Waals surface area contributed by atoms with Crippen LogP contribution >= 0.6 is 0 Å². The van der Waals surface area contributed by atoms with Crippen molar-refractivity contribution in [1.82, 2.24) is 10.6 Å². The lowest BCUT2D eigenvalue weighted by Crippen LogP contribution is -2.35. The fourth-order valence-electron chi connectivity index (χ4n) is 4.21. The maximum atomic E-state index is 12.5. The molecule has 0 radical (unpaired) electrons. The highest BCUT2D eigenvalue weighted by Crippen LogP contribution is 2.25. The average molecular weight is 435 g/mol. The lowest BCUT2D eigenvalue weighted by molar-refractivity contribution is -0.136. The van der Waals surface area contributed by atoms with Crippen LogP contribution < -0.4 is 16.4 Å². The SMILES string of the molecule is COC(=O)C1=C(NCc2ccc3ccc(C(=N)N)cc3c2)C=CC(OC2CCNCC2)C1. The Morgan fingerprint density at radius 3 is 2.72 bits per heavy atom. The zero-order valence-electron chi connectivity index (χ0n) is 18.3. The van der Waals surface area contributed by atoms with E-state index in [2.05, 4.69) is 22.8 Å². The van der Waals surface area contributed by atoms with E-state index < -0.39 is 0 Å². The van der Waals surface area contributed by atoms with Crippen LogP contribution in [0.25, 0.3) is 10.8 Å². The molecule has 0 amide bonds. The van der Waals surface area contributed by atoms with E-state index in [1.165, 1.54) is 7.11 Å². The lowest BCUT2D eigenvalue weighted by Gasteiger charge is -2.29. The fraction of sp³-hybridized carbons (Fsp3) is 0.360. The molecule has 1 heterocycles. The van der Waals surface area contributed by atoms with Gasteiger partial charge in [-0.2, -0.15) is 0 Å². The van der Waals surface area contributed by atoms with Gasteiger partial charge in [0.15, 0.2) is 0 Å². The van der Waals surface area contributed by atoms with Crippen molar-refractivity contribution in [2.45, 2.75) is 38.0 Å². The Bertz CT molecular complexity index is 1070. The highest BCUT2D eigenvalue weighted by Gasteiger charge is 2.26. The molecule has 2 aliphatic rings. The second kappa shape index (κ2) is 9.97. The van der Waals surface area contributed by atoms with Crippen molar-refractivity contribution in [1.29, 1.82) is 5.41 Å². The summed E-state index contributed by atoms with van der Waals surface area (Å²) in [6.07, 6.45) is 6.52. The summed E-state index contributed by atoms with van der Waals surface area (Å²) in [4.78, 5) is 12.5. The number of amidine groups is 1. The van der Waals surface area contributed by atoms with Crippen LogP contribution in [0.3, 0.4) is 0 Å². The molecule has 0 bridgehead atoms. The first-order valence-electron chi connectivity index (χ1n) is 11.0. The van der Waals surface area contributed by atoms with E-state index in [0.29, 0.717) is 24.1 Å². The van der Waals surface area contributed by atoms with Crippen LogP contribution in [0.15, 0.2) is 59.8 Å². The van der Waals surface area contributed by atoms with Gasteiger partial charge in [-0.3, -0.25) is 5.41 Å². The molecule has 1 unspecified atom stereocenters. The summed E-state index contributed by atoms with van der Waals surface area (Å²) in [6, 6.07) is 11.9. The predicted molar refractivity (Wildman–Crippen MR) is 125 cm³/mol. The number of carbonyl (C=O) groups is 1. The fourth-order valence-corrected chi connectivity index (χ4v) is 4.21. The Kier molecular flexibility index (Phi) is 6.87. The van der Waals surface area contributed by atoms with Crippen LogP contribution in [-0.4, -0.2) is 44.2 Å². The van der Waals surface area contributed by atoms with E-state index in [1.54, 1.807) is 0 Å². The number of piperidine rings is 1. The molecule has 7 nitrogen and oxygen atoms in total. The molecule has 1 fully saturated rings. The number of fused-ring (bicyclic) bond motifs is 1. The number of allylic oxidation sites excluding steroid dienone is 1. The predicted octanol–water partition coefficient (Wildman–Crippen LogP) is 2.74. The molecule has 1 aliphatic carbocycles. The van der Waals surface area contributed by atoms with Crippen molar-refractivity contribution in [3.8, 4) is 0 Å². The van der Waals surface area contributed by atoms with Gasteiger partial charge < -0.3 is 25.8 Å². The number of nitrogens with two attached hydrogens (primary N) is 1. The van der Waals surface area contributed by atoms with Crippen molar-refractivity contribution >= 4 is 22.6 Å². The zero-order chi connectivity index (χ0) is 22.5. The molecule has 2 aromatic rings. The topological polar surface area (TPSA) is 109 Å². The van der Waals surface area contributed by atoms with Gasteiger partial charge in [-0.15, -0.1) is 0 Å². The van der Waals surface area contributed by atoms with Gasteiger partial charge in [-0.25, -0.2) is 4.79 Å². The molecule has 2 aromatic carbocycles. The molecule has 1 saturated heterocycles. The number of nitrogen functional groups attached to an aromatic ring is 1. The van der Waals surface area contributed by atoms with Gasteiger partial charge in [0.2, 0.25) is 0 Å². The van der Waals surface area contributed by atoms with Crippen LogP contribution in [0.2, 0.25) is 0 Å². The van der Waals surface area contributed by atoms with Crippen LogP contribution in [0.5, 0.6) is 0 Å². The van der Waals surface area contributed by atoms with Crippen LogP contribution in [-0.2, 0) is 20.8 Å². The first-order valence-corrected chi connectivity index (χ1v) is 11.0. The summed E-state index contributed by atoms with van der Waals surface area (Å²) in [6.45, 7) is 2.49. The Hall–Kier alpha value is -3.16. The van der Waals surface area contributed by atoms with E-state index in [4.69, 9.17) is 20.6 Å². The highest BCUT2D eigenvalue weighted by molar-refractivity contribution is 5.99. The van der Waals surface area contributed by atoms with Crippen LogP contribution in [0, 0.1) is 5.41 Å². The van der Waals surface area contributed by atoms with Crippen molar-refractivity contribution in [3.05, 3.63) is 70.9 Å². The number of rotatable bonds is 7. The summed E-state index contributed by atoms with van der Waals surface area (Å²) in [5, 5.41) is 16.5. The molecular weight excluding hydrogens is 404 g/mol. The van der Waals surface area contributed by atoms with Crippen molar-refractivity contribution in [2.24, 2.45) is 5.73 Å². The van der Waals surface area contributed by atoms with E-state index in [-0.39, 0.29) is 24.0 Å². The summed E-state index contributed by atoms with van der Waals surface area (Å²) in [7, 11) is 1.41. The Morgan fingerprint density at radius 1 is 1.19 bits per heavy atom. The van der Waals surface area contributed by atoms with Gasteiger partial charge >= 0.3 is 5.97 Å². The minimum atomic E-state index is -0.333. The monoisotopic (exact) mass is 434 g/mol. The first-order chi connectivity index (χ1) is 15.5. The number of hydrogen-bond acceptors (Lipinski definition) is 6. The Labute approximate surface area is 188 Å². The second-order valence-corrected chi connectivity index (χ2v) is 8.23. The van der Waals surface area contributed by atoms with Crippen molar-refractivity contribution in [3.63, 3.8) is 0 Å². The smallest absolute Gasteiger partial charge is 0.335 e. The van der Waals surface area contributed by atoms with Crippen molar-refractivity contribution in [2.75, 3.05) is 20.2 Å². The number of nitrogens with one attached hydrogen (secondary N) is 3. The number of carbonyl (C=O) groups excluding carboxylic acids is 1. The van der Waals surface area contributed by atoms with E-state index in [9.17, 15) is 4.79 Å². The summed E-state index contributed by atoms with van der Waals surface area (Å²) in [5.41, 5.74) is 8.76. The maximum Gasteiger partial charge on any atom is 0.335 e. The minimum Gasteiger partial charge on any atom is -0.466 e. The van der Waals surface area contributed by atoms with E-state index in [0.717, 1.165) is 48.0 Å². The quantitative estimate of drug-likeness (QED) is 0.303. The molecule has 0 spiro atoms. The minimum absolute atomic E-state index is 0.0527. The Morgan fingerprint density at radius 2 is 1.97 bits per heavy atom. The zero-order valence-corrected chi connectivity index (χ0v) is 18.3. The Balaban J connectivity index is 1.47. The number of hydrogen-bond donors (Lipinski definition) is 4. The molecule has 32 heavy (non-hydrogen) atoms. The first kappa shape index (κ1) is 22.0. The highest BCUT2D eigenvalue weighted by atomic mass is 16.5. The summed E-state index contributed by atoms with van der Waals surface area (Å²) in [5.74, 6) is -0.280. The summed E-state index contributed by atoms with van der Waals surface area (Å²) >= 11 is 0. The number of benzene rings is 2. The third kappa shape index (κ3) is 5.18. The van der Waals surface area contributed by atoms with E-state index in [1.807, 2.05) is 36.4 Å². The molecule has 168 valence electrons.